The minimum Gasteiger partial charge on any atom is -0.456 e. The van der Waals surface area contributed by atoms with Crippen LogP contribution in [0.3, 0.4) is 0 Å². The quantitative estimate of drug-likeness (QED) is 0.164. The third-order valence-corrected chi connectivity index (χ3v) is 28.6. The molecule has 0 saturated heterocycles. The maximum absolute atomic E-state index is 7.06. The van der Waals surface area contributed by atoms with Gasteiger partial charge in [0, 0.05) is 80.0 Å². The summed E-state index contributed by atoms with van der Waals surface area (Å²) >= 11 is 1.83. The van der Waals surface area contributed by atoms with Gasteiger partial charge in [-0.1, -0.05) is 196 Å². The molecule has 8 aromatic heterocycles. The fraction of sp³-hybridized carbons (Fsp3) is 0.0270. The van der Waals surface area contributed by atoms with Crippen LogP contribution < -0.4 is 14.2 Å². The first-order chi connectivity index (χ1) is 61.7. The highest BCUT2D eigenvalue weighted by atomic mass is 32.1. The van der Waals surface area contributed by atoms with Gasteiger partial charge in [0.05, 0.1) is 88.3 Å². The zero-order valence-electron chi connectivity index (χ0n) is 66.7. The zero-order valence-corrected chi connectivity index (χ0v) is 67.5. The van der Waals surface area contributed by atoms with E-state index in [9.17, 15) is 0 Å². The number of thiophene rings is 1. The molecular weight excluding hydrogens is 1560 g/mol. The molecule has 11 heterocycles. The molecule has 578 valence electrons. The van der Waals surface area contributed by atoms with E-state index in [1.54, 1.807) is 0 Å². The van der Waals surface area contributed by atoms with Gasteiger partial charge in [0.25, 0.3) is 0 Å². The largest absolute Gasteiger partial charge is 0.456 e. The van der Waals surface area contributed by atoms with E-state index in [2.05, 4.69) is 294 Å². The smallest absolute Gasteiger partial charge is 0.235 e. The highest BCUT2D eigenvalue weighted by Crippen LogP contribution is 2.58. The van der Waals surface area contributed by atoms with Gasteiger partial charge < -0.3 is 18.6 Å². The van der Waals surface area contributed by atoms with Gasteiger partial charge in [0.1, 0.15) is 45.7 Å². The second-order valence-electron chi connectivity index (χ2n) is 34.2. The van der Waals surface area contributed by atoms with Crippen LogP contribution in [-0.4, -0.2) is 43.6 Å². The van der Waals surface area contributed by atoms with Crippen molar-refractivity contribution in [2.45, 2.75) is 19.3 Å². The Morgan fingerprint density at radius 2 is 0.720 bits per heavy atom. The SMILES string of the molecule is CC1(C)c2ccc(-c3cc4c5c(nc(-n6c7ccc8ccccc8c7c7c8sc9ccc(-c%10cc%11c%12c(nc(-n%13c%14ccc%15ccccc%15c%14c%14c%15oc%16ccccc%16c%15ccc%14%13)nc%12c%10)-c%10ccccc%10O%11)cc9c8ccc76)nc5c3)-c3ccccc3O4)cc2-c2ccc3c(c21)c1c2ccccc2ccc1n3-c1nc2c3c(cccc3n1)Oc1ccccc1-2. The summed E-state index contributed by atoms with van der Waals surface area (Å²) in [5.41, 5.74) is 23.9. The molecule has 13 nitrogen and oxygen atoms in total. The number of hydrogen-bond donors (Lipinski definition) is 0. The van der Waals surface area contributed by atoms with Crippen molar-refractivity contribution in [1.29, 1.82) is 0 Å². The Balaban J connectivity index is 0.582. The molecule has 0 N–H and O–H groups in total. The summed E-state index contributed by atoms with van der Waals surface area (Å²) in [5, 5.41) is 20.8. The molecule has 0 atom stereocenters. The van der Waals surface area contributed by atoms with Crippen molar-refractivity contribution in [3.63, 3.8) is 0 Å². The van der Waals surface area contributed by atoms with Crippen molar-refractivity contribution in [1.82, 2.24) is 43.6 Å². The highest BCUT2D eigenvalue weighted by Gasteiger charge is 2.41. The molecule has 0 amide bonds. The predicted molar refractivity (Wildman–Crippen MR) is 506 cm³/mol. The second kappa shape index (κ2) is 23.6. The molecule has 4 aliphatic rings. The van der Waals surface area contributed by atoms with E-state index < -0.39 is 5.41 Å². The first kappa shape index (κ1) is 66.4. The lowest BCUT2D eigenvalue weighted by Crippen LogP contribution is -2.15. The average molecular weight is 1610 g/mol. The highest BCUT2D eigenvalue weighted by molar-refractivity contribution is 7.26. The molecule has 0 unspecified atom stereocenters. The number of nitrogens with zero attached hydrogens (tertiary/aromatic N) is 9. The van der Waals surface area contributed by atoms with E-state index in [0.717, 1.165) is 221 Å². The summed E-state index contributed by atoms with van der Waals surface area (Å²) in [6, 6.07) is 115. The van der Waals surface area contributed by atoms with Crippen LogP contribution in [0.4, 0.5) is 0 Å². The Morgan fingerprint density at radius 3 is 1.32 bits per heavy atom. The molecule has 0 fully saturated rings. The summed E-state index contributed by atoms with van der Waals surface area (Å²) < 4.78 is 36.6. The molecule has 3 aliphatic heterocycles. The number of para-hydroxylation sites is 4. The van der Waals surface area contributed by atoms with Crippen molar-refractivity contribution in [3.05, 3.63) is 333 Å². The van der Waals surface area contributed by atoms with Crippen LogP contribution in [0.1, 0.15) is 25.0 Å². The Hall–Kier alpha value is -16.4. The average Bonchev–Trinajstić information content (AvgIpc) is 1.53. The molecule has 0 saturated carbocycles. The molecule has 125 heavy (non-hydrogen) atoms. The van der Waals surface area contributed by atoms with Gasteiger partial charge in [-0.2, -0.15) is 0 Å². The molecule has 0 spiro atoms. The van der Waals surface area contributed by atoms with E-state index in [1.807, 2.05) is 65.9 Å². The maximum Gasteiger partial charge on any atom is 0.235 e. The van der Waals surface area contributed by atoms with E-state index in [0.29, 0.717) is 29.3 Å². The number of hydrogen-bond acceptors (Lipinski definition) is 11. The van der Waals surface area contributed by atoms with Crippen LogP contribution in [0.25, 0.3) is 258 Å². The minimum atomic E-state index is -0.427. The predicted octanol–water partition coefficient (Wildman–Crippen LogP) is 29.5. The Morgan fingerprint density at radius 1 is 0.272 bits per heavy atom. The maximum atomic E-state index is 7.06. The lowest BCUT2D eigenvalue weighted by atomic mass is 9.80. The zero-order chi connectivity index (χ0) is 81.2. The summed E-state index contributed by atoms with van der Waals surface area (Å²) in [6.07, 6.45) is 0. The molecule has 1 aliphatic carbocycles. The molecule has 0 bridgehead atoms. The van der Waals surface area contributed by atoms with Gasteiger partial charge in [-0.3, -0.25) is 13.7 Å². The summed E-state index contributed by atoms with van der Waals surface area (Å²) in [5.74, 6) is 6.16. The van der Waals surface area contributed by atoms with Crippen molar-refractivity contribution < 1.29 is 18.6 Å². The van der Waals surface area contributed by atoms with Crippen LogP contribution in [0.2, 0.25) is 0 Å². The van der Waals surface area contributed by atoms with Crippen LogP contribution in [0.5, 0.6) is 34.5 Å². The van der Waals surface area contributed by atoms with Crippen molar-refractivity contribution in [2.75, 3.05) is 0 Å². The molecule has 0 radical (unpaired) electrons. The summed E-state index contributed by atoms with van der Waals surface area (Å²) in [4.78, 5) is 33.8. The van der Waals surface area contributed by atoms with E-state index in [1.165, 1.54) is 53.2 Å². The molecule has 26 aromatic rings. The second-order valence-corrected chi connectivity index (χ2v) is 35.3. The molecular formula is C111H59N9O4S. The van der Waals surface area contributed by atoms with Gasteiger partial charge in [0.2, 0.25) is 17.8 Å². The Bertz CT molecular complexity index is 9620. The monoisotopic (exact) mass is 1610 g/mol. The number of rotatable bonds is 5. The minimum absolute atomic E-state index is 0.427. The lowest BCUT2D eigenvalue weighted by Gasteiger charge is -2.23. The third kappa shape index (κ3) is 8.73. The Kier molecular flexibility index (Phi) is 12.5. The molecule has 18 aromatic carbocycles. The normalized spacial score (nSPS) is 13.5. The number of fused-ring (bicyclic) bond motifs is 33. The summed E-state index contributed by atoms with van der Waals surface area (Å²) in [6.45, 7) is 4.77. The Labute approximate surface area is 712 Å². The van der Waals surface area contributed by atoms with E-state index >= 15 is 0 Å². The number of benzene rings is 18. The number of furan rings is 1. The van der Waals surface area contributed by atoms with E-state index in [4.69, 9.17) is 48.5 Å². The van der Waals surface area contributed by atoms with Crippen molar-refractivity contribution in [2.24, 2.45) is 0 Å². The van der Waals surface area contributed by atoms with Crippen molar-refractivity contribution in [3.8, 4) is 119 Å². The number of aromatic nitrogens is 9. The van der Waals surface area contributed by atoms with Gasteiger partial charge in [-0.15, -0.1) is 11.3 Å². The standard InChI is InChI=1S/C111H59N9O4S/c1-111(2)75-42-34-59(50-73(75)67-39-46-82-99(102(67)111)93-63-21-6-3-18-56(63)35-43-79(93)118(82)108-112-76-28-17-33-89-96(76)103(115-108)70-25-10-14-30-86(70)121-89)61-52-77-97-90(54-61)122-88-32-16-12-27-72(88)105(97)117-110(114-77)120-81-45-37-58-20-5-8-23-65(58)95(81)101-84(120)48-41-69-74-51-60(38-49-92(74)125-107(69)101)62-53-78-98-91(55-62)123-87-31-15-11-26-71(87)104(98)116-109(113-78)119-80-44-36-57-19-4-7-22-64(57)94(80)100-83(119)47-40-68-66-24-9-13-29-85(66)124-106(68)100/h3-55H,1-2H3. The molecule has 14 heteroatoms. The van der Waals surface area contributed by atoms with Crippen LogP contribution in [-0.2, 0) is 5.41 Å². The van der Waals surface area contributed by atoms with Crippen LogP contribution in [0, 0.1) is 0 Å². The first-order valence-electron chi connectivity index (χ1n) is 42.3. The van der Waals surface area contributed by atoms with Crippen molar-refractivity contribution >= 4 is 184 Å². The fourth-order valence-corrected chi connectivity index (χ4v) is 23.2. The van der Waals surface area contributed by atoms with E-state index in [-0.39, 0.29) is 0 Å². The van der Waals surface area contributed by atoms with Gasteiger partial charge >= 0.3 is 0 Å². The topological polar surface area (TPSA) is 133 Å². The summed E-state index contributed by atoms with van der Waals surface area (Å²) in [7, 11) is 0. The van der Waals surface area contributed by atoms with Crippen LogP contribution in [0.15, 0.2) is 326 Å². The first-order valence-corrected chi connectivity index (χ1v) is 43.1. The fourth-order valence-electron chi connectivity index (χ4n) is 22.0. The lowest BCUT2D eigenvalue weighted by molar-refractivity contribution is 0.486. The van der Waals surface area contributed by atoms with Gasteiger partial charge in [0.15, 0.2) is 0 Å². The van der Waals surface area contributed by atoms with Gasteiger partial charge in [-0.25, -0.2) is 29.9 Å². The van der Waals surface area contributed by atoms with Gasteiger partial charge in [-0.05, 0) is 216 Å². The number of ether oxygens (including phenoxy) is 3. The molecule has 30 rings (SSSR count). The third-order valence-electron chi connectivity index (χ3n) is 27.4. The van der Waals surface area contributed by atoms with Crippen LogP contribution >= 0.6 is 11.3 Å².